The molecular formula is C18H20ClNO2. The van der Waals surface area contributed by atoms with Gasteiger partial charge in [0.25, 0.3) is 0 Å². The Morgan fingerprint density at radius 2 is 1.91 bits per heavy atom. The van der Waals surface area contributed by atoms with Gasteiger partial charge in [-0.3, -0.25) is 4.79 Å². The highest BCUT2D eigenvalue weighted by atomic mass is 35.5. The van der Waals surface area contributed by atoms with Gasteiger partial charge in [0.15, 0.2) is 0 Å². The van der Waals surface area contributed by atoms with Crippen LogP contribution in [-0.4, -0.2) is 11.0 Å². The quantitative estimate of drug-likeness (QED) is 0.881. The number of benzene rings is 2. The first-order chi connectivity index (χ1) is 10.4. The first-order valence-electron chi connectivity index (χ1n) is 7.21. The molecule has 4 heteroatoms. The van der Waals surface area contributed by atoms with E-state index < -0.39 is 5.60 Å². The van der Waals surface area contributed by atoms with Crippen LogP contribution in [0.4, 0.5) is 0 Å². The maximum atomic E-state index is 12.2. The standard InChI is InChI=1S/C18H20ClNO2/c1-13(14-7-6-10-16(19)11-14)20-17(21)12-18(2,22)15-8-4-3-5-9-15/h3-11,13,22H,12H2,1-2H3,(H,20,21). The number of halogens is 1. The van der Waals surface area contributed by atoms with Crippen molar-refractivity contribution in [2.45, 2.75) is 31.9 Å². The summed E-state index contributed by atoms with van der Waals surface area (Å²) in [7, 11) is 0. The summed E-state index contributed by atoms with van der Waals surface area (Å²) < 4.78 is 0. The molecular weight excluding hydrogens is 298 g/mol. The fourth-order valence-electron chi connectivity index (χ4n) is 2.36. The Bertz CT molecular complexity index is 641. The minimum atomic E-state index is -1.20. The zero-order chi connectivity index (χ0) is 16.2. The van der Waals surface area contributed by atoms with Gasteiger partial charge in [0.05, 0.1) is 18.1 Å². The monoisotopic (exact) mass is 317 g/mol. The van der Waals surface area contributed by atoms with Crippen molar-refractivity contribution in [3.8, 4) is 0 Å². The Kier molecular flexibility index (Phi) is 5.22. The van der Waals surface area contributed by atoms with Crippen LogP contribution in [0.25, 0.3) is 0 Å². The summed E-state index contributed by atoms with van der Waals surface area (Å²) in [5, 5.41) is 14.0. The second-order valence-corrected chi connectivity index (χ2v) is 6.10. The van der Waals surface area contributed by atoms with Crippen LogP contribution in [0.15, 0.2) is 54.6 Å². The molecule has 116 valence electrons. The smallest absolute Gasteiger partial charge is 0.223 e. The van der Waals surface area contributed by atoms with E-state index in [0.717, 1.165) is 11.1 Å². The molecule has 0 radical (unpaired) electrons. The van der Waals surface area contributed by atoms with Gasteiger partial charge in [0.2, 0.25) is 5.91 Å². The topological polar surface area (TPSA) is 49.3 Å². The third-order valence-corrected chi connectivity index (χ3v) is 3.86. The minimum Gasteiger partial charge on any atom is -0.385 e. The van der Waals surface area contributed by atoms with E-state index in [2.05, 4.69) is 5.32 Å². The van der Waals surface area contributed by atoms with Gasteiger partial charge in [-0.25, -0.2) is 0 Å². The highest BCUT2D eigenvalue weighted by Crippen LogP contribution is 2.25. The maximum Gasteiger partial charge on any atom is 0.223 e. The number of hydrogen-bond acceptors (Lipinski definition) is 2. The van der Waals surface area contributed by atoms with E-state index in [-0.39, 0.29) is 18.4 Å². The summed E-state index contributed by atoms with van der Waals surface area (Å²) in [6.45, 7) is 3.53. The molecule has 2 unspecified atom stereocenters. The van der Waals surface area contributed by atoms with E-state index in [1.54, 1.807) is 13.0 Å². The molecule has 0 aliphatic rings. The van der Waals surface area contributed by atoms with Gasteiger partial charge in [-0.05, 0) is 37.1 Å². The molecule has 0 saturated heterocycles. The van der Waals surface area contributed by atoms with Crippen LogP contribution in [0, 0.1) is 0 Å². The lowest BCUT2D eigenvalue weighted by Crippen LogP contribution is -2.34. The molecule has 2 rings (SSSR count). The Hall–Kier alpha value is -1.84. The van der Waals surface area contributed by atoms with Crippen molar-refractivity contribution in [1.82, 2.24) is 5.32 Å². The van der Waals surface area contributed by atoms with Crippen LogP contribution in [0.1, 0.15) is 37.4 Å². The van der Waals surface area contributed by atoms with Crippen LogP contribution >= 0.6 is 11.6 Å². The Morgan fingerprint density at radius 3 is 2.55 bits per heavy atom. The summed E-state index contributed by atoms with van der Waals surface area (Å²) in [4.78, 5) is 12.2. The van der Waals surface area contributed by atoms with Gasteiger partial charge in [-0.1, -0.05) is 54.1 Å². The van der Waals surface area contributed by atoms with Crippen LogP contribution in [-0.2, 0) is 10.4 Å². The molecule has 2 atom stereocenters. The molecule has 0 heterocycles. The van der Waals surface area contributed by atoms with E-state index >= 15 is 0 Å². The van der Waals surface area contributed by atoms with Gasteiger partial charge in [-0.2, -0.15) is 0 Å². The van der Waals surface area contributed by atoms with Crippen LogP contribution in [0.2, 0.25) is 5.02 Å². The molecule has 0 spiro atoms. The second-order valence-electron chi connectivity index (χ2n) is 5.66. The molecule has 2 aromatic rings. The minimum absolute atomic E-state index is 0.00190. The van der Waals surface area contributed by atoms with Crippen molar-refractivity contribution in [3.63, 3.8) is 0 Å². The highest BCUT2D eigenvalue weighted by molar-refractivity contribution is 6.30. The lowest BCUT2D eigenvalue weighted by molar-refractivity contribution is -0.126. The summed E-state index contributed by atoms with van der Waals surface area (Å²) >= 11 is 5.96. The summed E-state index contributed by atoms with van der Waals surface area (Å²) in [6.07, 6.45) is 0.00190. The third-order valence-electron chi connectivity index (χ3n) is 3.63. The van der Waals surface area contributed by atoms with Crippen LogP contribution in [0.5, 0.6) is 0 Å². The van der Waals surface area contributed by atoms with Gasteiger partial charge < -0.3 is 10.4 Å². The number of hydrogen-bond donors (Lipinski definition) is 2. The number of nitrogens with one attached hydrogen (secondary N) is 1. The summed E-state index contributed by atoms with van der Waals surface area (Å²) in [5.74, 6) is -0.207. The summed E-state index contributed by atoms with van der Waals surface area (Å²) in [6, 6.07) is 16.4. The molecule has 22 heavy (non-hydrogen) atoms. The lowest BCUT2D eigenvalue weighted by atomic mass is 9.92. The normalized spacial score (nSPS) is 14.9. The van der Waals surface area contributed by atoms with Gasteiger partial charge in [0, 0.05) is 5.02 Å². The molecule has 0 aliphatic carbocycles. The average molecular weight is 318 g/mol. The average Bonchev–Trinajstić information content (AvgIpc) is 2.47. The highest BCUT2D eigenvalue weighted by Gasteiger charge is 2.27. The van der Waals surface area contributed by atoms with Crippen molar-refractivity contribution < 1.29 is 9.90 Å². The Balaban J connectivity index is 2.01. The first kappa shape index (κ1) is 16.5. The van der Waals surface area contributed by atoms with Crippen molar-refractivity contribution in [1.29, 1.82) is 0 Å². The predicted molar refractivity (Wildman–Crippen MR) is 88.6 cm³/mol. The van der Waals surface area contributed by atoms with Gasteiger partial charge in [-0.15, -0.1) is 0 Å². The second kappa shape index (κ2) is 6.95. The first-order valence-corrected chi connectivity index (χ1v) is 7.59. The molecule has 0 aromatic heterocycles. The number of amides is 1. The fourth-order valence-corrected chi connectivity index (χ4v) is 2.56. The summed E-state index contributed by atoms with van der Waals surface area (Å²) in [5.41, 5.74) is 0.458. The van der Waals surface area contributed by atoms with Crippen molar-refractivity contribution in [2.75, 3.05) is 0 Å². The Labute approximate surface area is 135 Å². The van der Waals surface area contributed by atoms with E-state index in [1.807, 2.05) is 55.5 Å². The van der Waals surface area contributed by atoms with E-state index in [0.29, 0.717) is 5.02 Å². The number of aliphatic hydroxyl groups is 1. The molecule has 2 aromatic carbocycles. The molecule has 1 amide bonds. The molecule has 0 saturated carbocycles. The van der Waals surface area contributed by atoms with E-state index in [4.69, 9.17) is 11.6 Å². The van der Waals surface area contributed by atoms with Gasteiger partial charge in [0.1, 0.15) is 0 Å². The lowest BCUT2D eigenvalue weighted by Gasteiger charge is -2.24. The van der Waals surface area contributed by atoms with Gasteiger partial charge >= 0.3 is 0 Å². The van der Waals surface area contributed by atoms with Crippen LogP contribution < -0.4 is 5.32 Å². The van der Waals surface area contributed by atoms with Crippen molar-refractivity contribution in [3.05, 3.63) is 70.7 Å². The Morgan fingerprint density at radius 1 is 1.23 bits per heavy atom. The molecule has 0 fully saturated rings. The van der Waals surface area contributed by atoms with Crippen molar-refractivity contribution in [2.24, 2.45) is 0 Å². The largest absolute Gasteiger partial charge is 0.385 e. The molecule has 0 aliphatic heterocycles. The van der Waals surface area contributed by atoms with E-state index in [9.17, 15) is 9.90 Å². The van der Waals surface area contributed by atoms with E-state index in [1.165, 1.54) is 0 Å². The van der Waals surface area contributed by atoms with Crippen LogP contribution in [0.3, 0.4) is 0 Å². The zero-order valence-corrected chi connectivity index (χ0v) is 13.5. The molecule has 3 nitrogen and oxygen atoms in total. The number of carbonyl (C=O) groups excluding carboxylic acids is 1. The predicted octanol–water partition coefficient (Wildman–Crippen LogP) is 3.82. The number of carbonyl (C=O) groups is 1. The SMILES string of the molecule is CC(NC(=O)CC(C)(O)c1ccccc1)c1cccc(Cl)c1. The number of rotatable bonds is 5. The third kappa shape index (κ3) is 4.33. The maximum absolute atomic E-state index is 12.2. The zero-order valence-electron chi connectivity index (χ0n) is 12.7. The molecule has 0 bridgehead atoms. The molecule has 2 N–H and O–H groups in total. The van der Waals surface area contributed by atoms with Crippen molar-refractivity contribution >= 4 is 17.5 Å². The fraction of sp³-hybridized carbons (Fsp3) is 0.278.